The van der Waals surface area contributed by atoms with E-state index < -0.39 is 9.84 Å². The van der Waals surface area contributed by atoms with Gasteiger partial charge < -0.3 is 15.1 Å². The highest BCUT2D eigenvalue weighted by atomic mass is 32.2. The lowest BCUT2D eigenvalue weighted by Gasteiger charge is -2.13. The van der Waals surface area contributed by atoms with Crippen molar-refractivity contribution in [1.29, 1.82) is 0 Å². The molecule has 1 atom stereocenters. The predicted molar refractivity (Wildman–Crippen MR) is 72.3 cm³/mol. The largest absolute Gasteiger partial charge is 0.467 e. The van der Waals surface area contributed by atoms with Gasteiger partial charge in [0.05, 0.1) is 24.6 Å². The Morgan fingerprint density at radius 1 is 1.47 bits per heavy atom. The van der Waals surface area contributed by atoms with E-state index in [2.05, 4.69) is 10.6 Å². The Kier molecular flexibility index (Phi) is 6.04. The molecule has 1 aromatic rings. The summed E-state index contributed by atoms with van der Waals surface area (Å²) in [6.45, 7) is 2.57. The number of rotatable bonds is 8. The van der Waals surface area contributed by atoms with Crippen LogP contribution in [-0.2, 0) is 21.2 Å². The third-order valence-electron chi connectivity index (χ3n) is 2.55. The van der Waals surface area contributed by atoms with Gasteiger partial charge in [0.2, 0.25) is 5.91 Å². The van der Waals surface area contributed by atoms with Crippen molar-refractivity contribution in [2.75, 3.05) is 18.6 Å². The molecular formula is C12H20N2O4S. The highest BCUT2D eigenvalue weighted by Gasteiger charge is 2.12. The lowest BCUT2D eigenvalue weighted by Crippen LogP contribution is -2.42. The van der Waals surface area contributed by atoms with E-state index in [-0.39, 0.29) is 17.7 Å². The van der Waals surface area contributed by atoms with Crippen LogP contribution < -0.4 is 10.6 Å². The number of hydrogen-bond acceptors (Lipinski definition) is 5. The summed E-state index contributed by atoms with van der Waals surface area (Å²) in [6.07, 6.45) is 3.25. The molecule has 108 valence electrons. The topological polar surface area (TPSA) is 88.4 Å². The van der Waals surface area contributed by atoms with Crippen molar-refractivity contribution in [2.45, 2.75) is 25.9 Å². The van der Waals surface area contributed by atoms with Crippen LogP contribution in [0.4, 0.5) is 0 Å². The van der Waals surface area contributed by atoms with E-state index in [1.807, 2.05) is 0 Å². The van der Waals surface area contributed by atoms with Gasteiger partial charge in [0.15, 0.2) is 0 Å². The van der Waals surface area contributed by atoms with Crippen molar-refractivity contribution in [1.82, 2.24) is 10.6 Å². The molecule has 1 unspecified atom stereocenters. The first-order valence-corrected chi connectivity index (χ1v) is 8.16. The van der Waals surface area contributed by atoms with E-state index in [1.165, 1.54) is 6.26 Å². The van der Waals surface area contributed by atoms with Crippen LogP contribution in [0.3, 0.4) is 0 Å². The van der Waals surface area contributed by atoms with Crippen LogP contribution in [0.1, 0.15) is 19.1 Å². The number of carbonyl (C=O) groups excluding carboxylic acids is 1. The first kappa shape index (κ1) is 15.7. The van der Waals surface area contributed by atoms with E-state index >= 15 is 0 Å². The Morgan fingerprint density at radius 2 is 2.21 bits per heavy atom. The standard InChI is InChI=1S/C12H20N2O4S/c1-10(13-6-4-8-19(2,16)17)12(15)14-9-11-5-3-7-18-11/h3,5,7,10,13H,4,6,8-9H2,1-2H3,(H,14,15). The van der Waals surface area contributed by atoms with E-state index in [4.69, 9.17) is 4.42 Å². The monoisotopic (exact) mass is 288 g/mol. The van der Waals surface area contributed by atoms with Gasteiger partial charge in [0.1, 0.15) is 15.6 Å². The molecule has 7 heteroatoms. The van der Waals surface area contributed by atoms with Crippen LogP contribution in [0.5, 0.6) is 0 Å². The fraction of sp³-hybridized carbons (Fsp3) is 0.583. The Hall–Kier alpha value is -1.34. The first-order valence-electron chi connectivity index (χ1n) is 6.09. The maximum absolute atomic E-state index is 11.7. The first-order chi connectivity index (χ1) is 8.88. The Bertz CT molecular complexity index is 482. The van der Waals surface area contributed by atoms with Crippen LogP contribution in [-0.4, -0.2) is 38.9 Å². The van der Waals surface area contributed by atoms with Gasteiger partial charge in [-0.05, 0) is 32.0 Å². The molecule has 0 saturated heterocycles. The highest BCUT2D eigenvalue weighted by molar-refractivity contribution is 7.90. The van der Waals surface area contributed by atoms with Crippen molar-refractivity contribution in [3.8, 4) is 0 Å². The smallest absolute Gasteiger partial charge is 0.237 e. The van der Waals surface area contributed by atoms with Crippen molar-refractivity contribution >= 4 is 15.7 Å². The second-order valence-corrected chi connectivity index (χ2v) is 6.72. The van der Waals surface area contributed by atoms with Gasteiger partial charge in [-0.1, -0.05) is 0 Å². The third kappa shape index (κ3) is 6.97. The lowest BCUT2D eigenvalue weighted by atomic mass is 10.3. The summed E-state index contributed by atoms with van der Waals surface area (Å²) in [4.78, 5) is 11.7. The van der Waals surface area contributed by atoms with E-state index in [0.717, 1.165) is 0 Å². The Labute approximate surface area is 113 Å². The number of hydrogen-bond donors (Lipinski definition) is 2. The molecule has 0 aliphatic rings. The van der Waals surface area contributed by atoms with E-state index in [0.29, 0.717) is 25.3 Å². The van der Waals surface area contributed by atoms with Crippen LogP contribution in [0.25, 0.3) is 0 Å². The maximum Gasteiger partial charge on any atom is 0.237 e. The molecule has 2 N–H and O–H groups in total. The van der Waals surface area contributed by atoms with Crippen LogP contribution in [0, 0.1) is 0 Å². The van der Waals surface area contributed by atoms with Gasteiger partial charge in [-0.25, -0.2) is 8.42 Å². The maximum atomic E-state index is 11.7. The zero-order valence-corrected chi connectivity index (χ0v) is 12.0. The summed E-state index contributed by atoms with van der Waals surface area (Å²) in [5, 5.41) is 5.71. The molecule has 6 nitrogen and oxygen atoms in total. The number of carbonyl (C=O) groups is 1. The molecule has 0 bridgehead atoms. The molecule has 0 saturated carbocycles. The summed E-state index contributed by atoms with van der Waals surface area (Å²) in [5.74, 6) is 0.675. The van der Waals surface area contributed by atoms with E-state index in [9.17, 15) is 13.2 Å². The molecule has 1 amide bonds. The molecule has 0 aliphatic carbocycles. The molecule has 1 aromatic heterocycles. The minimum Gasteiger partial charge on any atom is -0.467 e. The van der Waals surface area contributed by atoms with E-state index in [1.54, 1.807) is 25.3 Å². The second-order valence-electron chi connectivity index (χ2n) is 4.46. The lowest BCUT2D eigenvalue weighted by molar-refractivity contribution is -0.123. The molecule has 19 heavy (non-hydrogen) atoms. The molecule has 0 aromatic carbocycles. The van der Waals surface area contributed by atoms with Crippen LogP contribution in [0.2, 0.25) is 0 Å². The zero-order valence-electron chi connectivity index (χ0n) is 11.2. The van der Waals surface area contributed by atoms with Crippen molar-refractivity contribution < 1.29 is 17.6 Å². The molecular weight excluding hydrogens is 268 g/mol. The number of sulfone groups is 1. The zero-order chi connectivity index (χ0) is 14.3. The van der Waals surface area contributed by atoms with Crippen molar-refractivity contribution in [3.05, 3.63) is 24.2 Å². The summed E-state index contributed by atoms with van der Waals surface area (Å²) in [6, 6.07) is 3.17. The summed E-state index contributed by atoms with van der Waals surface area (Å²) < 4.78 is 27.0. The quantitative estimate of drug-likeness (QED) is 0.672. The van der Waals surface area contributed by atoms with Crippen LogP contribution in [0.15, 0.2) is 22.8 Å². The van der Waals surface area contributed by atoms with Gasteiger partial charge in [-0.15, -0.1) is 0 Å². The number of furan rings is 1. The molecule has 0 spiro atoms. The van der Waals surface area contributed by atoms with Gasteiger partial charge in [0, 0.05) is 6.26 Å². The minimum atomic E-state index is -2.94. The minimum absolute atomic E-state index is 0.126. The van der Waals surface area contributed by atoms with Crippen molar-refractivity contribution in [2.24, 2.45) is 0 Å². The van der Waals surface area contributed by atoms with Crippen molar-refractivity contribution in [3.63, 3.8) is 0 Å². The predicted octanol–water partition coefficient (Wildman–Crippen LogP) is 0.309. The molecule has 1 heterocycles. The summed E-state index contributed by atoms with van der Waals surface area (Å²) in [7, 11) is -2.94. The van der Waals surface area contributed by atoms with Gasteiger partial charge >= 0.3 is 0 Å². The Morgan fingerprint density at radius 3 is 2.79 bits per heavy atom. The average molecular weight is 288 g/mol. The third-order valence-corrected chi connectivity index (χ3v) is 3.58. The summed E-state index contributed by atoms with van der Waals surface area (Å²) >= 11 is 0. The normalized spacial score (nSPS) is 13.2. The molecule has 1 rings (SSSR count). The second kappa shape index (κ2) is 7.30. The Balaban J connectivity index is 2.18. The fourth-order valence-electron chi connectivity index (χ4n) is 1.49. The summed E-state index contributed by atoms with van der Waals surface area (Å²) in [5.41, 5.74) is 0. The van der Waals surface area contributed by atoms with Gasteiger partial charge in [-0.3, -0.25) is 4.79 Å². The van der Waals surface area contributed by atoms with Gasteiger partial charge in [0.25, 0.3) is 0 Å². The molecule has 0 aliphatic heterocycles. The average Bonchev–Trinajstić information content (AvgIpc) is 2.83. The highest BCUT2D eigenvalue weighted by Crippen LogP contribution is 1.98. The number of nitrogens with one attached hydrogen (secondary N) is 2. The van der Waals surface area contributed by atoms with Gasteiger partial charge in [-0.2, -0.15) is 0 Å². The fourth-order valence-corrected chi connectivity index (χ4v) is 2.15. The molecule has 0 radical (unpaired) electrons. The van der Waals surface area contributed by atoms with Crippen LogP contribution >= 0.6 is 0 Å². The number of amides is 1. The SMILES string of the molecule is CC(NCCCS(C)(=O)=O)C(=O)NCc1ccco1. The molecule has 0 fully saturated rings.